The molecule has 1 saturated heterocycles. The van der Waals surface area contributed by atoms with Gasteiger partial charge in [-0.2, -0.15) is 0 Å². The summed E-state index contributed by atoms with van der Waals surface area (Å²) in [5, 5.41) is 6.85. The lowest BCUT2D eigenvalue weighted by Crippen LogP contribution is -2.43. The molecule has 0 saturated carbocycles. The second-order valence-corrected chi connectivity index (χ2v) is 6.75. The molecule has 1 aromatic carbocycles. The van der Waals surface area contributed by atoms with Gasteiger partial charge in [-0.25, -0.2) is 0 Å². The fourth-order valence-electron chi connectivity index (χ4n) is 3.00. The molecule has 1 fully saturated rings. The minimum absolute atomic E-state index is 0. The molecule has 1 heterocycles. The van der Waals surface area contributed by atoms with Gasteiger partial charge in [-0.15, -0.1) is 24.0 Å². The molecule has 0 spiro atoms. The van der Waals surface area contributed by atoms with Crippen molar-refractivity contribution >= 4 is 29.9 Å². The van der Waals surface area contributed by atoms with Gasteiger partial charge in [0.2, 0.25) is 0 Å². The number of nitrogens with one attached hydrogen (secondary N) is 2. The second-order valence-electron chi connectivity index (χ2n) is 6.75. The molecule has 1 aliphatic rings. The summed E-state index contributed by atoms with van der Waals surface area (Å²) in [5.41, 5.74) is 3.93. The van der Waals surface area contributed by atoms with Crippen LogP contribution in [-0.4, -0.2) is 57.3 Å². The standard InChI is InChI=1S/C19H32N4O.HI/c1-15-5-6-18(17(3)11-15)13-22-19(20-4)21-12-16(2)14-23-7-9-24-10-8-23;/h5-6,11,16H,7-10,12-14H2,1-4H3,(H2,20,21,22);1H. The van der Waals surface area contributed by atoms with Crippen LogP contribution in [-0.2, 0) is 11.3 Å². The van der Waals surface area contributed by atoms with E-state index in [9.17, 15) is 0 Å². The average molecular weight is 460 g/mol. The molecule has 0 bridgehead atoms. The highest BCUT2D eigenvalue weighted by atomic mass is 127. The fraction of sp³-hybridized carbons (Fsp3) is 0.632. The Morgan fingerprint density at radius 3 is 2.60 bits per heavy atom. The number of morpholine rings is 1. The normalized spacial score (nSPS) is 16.9. The van der Waals surface area contributed by atoms with Crippen molar-refractivity contribution in [1.82, 2.24) is 15.5 Å². The molecule has 1 atom stereocenters. The summed E-state index contributed by atoms with van der Waals surface area (Å²) >= 11 is 0. The van der Waals surface area contributed by atoms with Crippen LogP contribution >= 0.6 is 24.0 Å². The molecule has 142 valence electrons. The molecule has 0 amide bonds. The summed E-state index contributed by atoms with van der Waals surface area (Å²) in [5.74, 6) is 1.44. The van der Waals surface area contributed by atoms with E-state index in [0.717, 1.165) is 51.9 Å². The number of nitrogens with zero attached hydrogens (tertiary/aromatic N) is 2. The van der Waals surface area contributed by atoms with E-state index in [1.165, 1.54) is 16.7 Å². The predicted molar refractivity (Wildman–Crippen MR) is 116 cm³/mol. The topological polar surface area (TPSA) is 48.9 Å². The molecular formula is C19H33IN4O. The number of ether oxygens (including phenoxy) is 1. The Bertz CT molecular complexity index is 544. The molecule has 2 rings (SSSR count). The largest absolute Gasteiger partial charge is 0.379 e. The van der Waals surface area contributed by atoms with Gasteiger partial charge in [0, 0.05) is 39.8 Å². The summed E-state index contributed by atoms with van der Waals surface area (Å²) in [7, 11) is 1.82. The van der Waals surface area contributed by atoms with Crippen molar-refractivity contribution in [3.63, 3.8) is 0 Å². The Hall–Kier alpha value is -0.860. The predicted octanol–water partition coefficient (Wildman–Crippen LogP) is 2.55. The number of aliphatic imine (C=N–C) groups is 1. The highest BCUT2D eigenvalue weighted by Gasteiger charge is 2.14. The number of halogens is 1. The lowest BCUT2D eigenvalue weighted by Gasteiger charge is -2.29. The minimum atomic E-state index is 0. The first-order valence-corrected chi connectivity index (χ1v) is 8.89. The van der Waals surface area contributed by atoms with Gasteiger partial charge in [0.1, 0.15) is 0 Å². The average Bonchev–Trinajstić information content (AvgIpc) is 2.57. The number of hydrogen-bond donors (Lipinski definition) is 2. The van der Waals surface area contributed by atoms with E-state index in [1.54, 1.807) is 0 Å². The fourth-order valence-corrected chi connectivity index (χ4v) is 3.00. The first-order valence-electron chi connectivity index (χ1n) is 8.89. The van der Waals surface area contributed by atoms with Gasteiger partial charge in [-0.1, -0.05) is 30.7 Å². The van der Waals surface area contributed by atoms with Crippen LogP contribution in [0.15, 0.2) is 23.2 Å². The van der Waals surface area contributed by atoms with E-state index in [1.807, 2.05) is 7.05 Å². The SMILES string of the molecule is CN=C(NCc1ccc(C)cc1C)NCC(C)CN1CCOCC1.I. The Morgan fingerprint density at radius 2 is 1.96 bits per heavy atom. The van der Waals surface area contributed by atoms with Crippen LogP contribution in [0, 0.1) is 19.8 Å². The van der Waals surface area contributed by atoms with Crippen LogP contribution in [0.3, 0.4) is 0 Å². The molecule has 1 aliphatic heterocycles. The molecule has 1 aromatic rings. The van der Waals surface area contributed by atoms with Crippen molar-refractivity contribution in [2.45, 2.75) is 27.3 Å². The van der Waals surface area contributed by atoms with Crippen LogP contribution in [0.1, 0.15) is 23.6 Å². The van der Waals surface area contributed by atoms with E-state index in [-0.39, 0.29) is 24.0 Å². The van der Waals surface area contributed by atoms with Crippen LogP contribution in [0.5, 0.6) is 0 Å². The second kappa shape index (κ2) is 11.7. The molecule has 0 aromatic heterocycles. The van der Waals surface area contributed by atoms with Crippen LogP contribution in [0.2, 0.25) is 0 Å². The van der Waals surface area contributed by atoms with E-state index in [0.29, 0.717) is 5.92 Å². The lowest BCUT2D eigenvalue weighted by atomic mass is 10.1. The van der Waals surface area contributed by atoms with Gasteiger partial charge in [0.25, 0.3) is 0 Å². The lowest BCUT2D eigenvalue weighted by molar-refractivity contribution is 0.0320. The monoisotopic (exact) mass is 460 g/mol. The number of guanidine groups is 1. The van der Waals surface area contributed by atoms with Crippen molar-refractivity contribution in [3.05, 3.63) is 34.9 Å². The maximum atomic E-state index is 5.40. The van der Waals surface area contributed by atoms with Crippen molar-refractivity contribution in [2.24, 2.45) is 10.9 Å². The maximum absolute atomic E-state index is 5.40. The van der Waals surface area contributed by atoms with E-state index in [4.69, 9.17) is 4.74 Å². The van der Waals surface area contributed by atoms with Gasteiger partial charge in [0.15, 0.2) is 5.96 Å². The zero-order valence-corrected chi connectivity index (χ0v) is 18.3. The molecule has 0 radical (unpaired) electrons. The summed E-state index contributed by atoms with van der Waals surface area (Å²) in [6.45, 7) is 13.2. The molecule has 2 N–H and O–H groups in total. The van der Waals surface area contributed by atoms with E-state index >= 15 is 0 Å². The summed E-state index contributed by atoms with van der Waals surface area (Å²) in [6.07, 6.45) is 0. The Balaban J connectivity index is 0.00000312. The summed E-state index contributed by atoms with van der Waals surface area (Å²) in [4.78, 5) is 6.80. The molecular weight excluding hydrogens is 427 g/mol. The Morgan fingerprint density at radius 1 is 1.24 bits per heavy atom. The smallest absolute Gasteiger partial charge is 0.191 e. The third-order valence-corrected chi connectivity index (χ3v) is 4.46. The van der Waals surface area contributed by atoms with E-state index < -0.39 is 0 Å². The van der Waals surface area contributed by atoms with Crippen LogP contribution in [0.4, 0.5) is 0 Å². The Kier molecular flexibility index (Phi) is 10.4. The third-order valence-electron chi connectivity index (χ3n) is 4.46. The van der Waals surface area contributed by atoms with Crippen LogP contribution < -0.4 is 10.6 Å². The van der Waals surface area contributed by atoms with Crippen molar-refractivity contribution in [3.8, 4) is 0 Å². The zero-order chi connectivity index (χ0) is 17.4. The van der Waals surface area contributed by atoms with Gasteiger partial charge < -0.3 is 15.4 Å². The molecule has 1 unspecified atom stereocenters. The van der Waals surface area contributed by atoms with Crippen LogP contribution in [0.25, 0.3) is 0 Å². The van der Waals surface area contributed by atoms with E-state index in [2.05, 4.69) is 59.5 Å². The van der Waals surface area contributed by atoms with Gasteiger partial charge in [-0.05, 0) is 30.9 Å². The minimum Gasteiger partial charge on any atom is -0.379 e. The quantitative estimate of drug-likeness (QED) is 0.389. The number of hydrogen-bond acceptors (Lipinski definition) is 3. The van der Waals surface area contributed by atoms with Gasteiger partial charge in [-0.3, -0.25) is 9.89 Å². The molecule has 25 heavy (non-hydrogen) atoms. The van der Waals surface area contributed by atoms with Gasteiger partial charge in [0.05, 0.1) is 13.2 Å². The highest BCUT2D eigenvalue weighted by Crippen LogP contribution is 2.10. The maximum Gasteiger partial charge on any atom is 0.191 e. The number of benzene rings is 1. The first kappa shape index (κ1) is 22.2. The Labute approximate surface area is 169 Å². The van der Waals surface area contributed by atoms with Crippen molar-refractivity contribution in [1.29, 1.82) is 0 Å². The molecule has 5 nitrogen and oxygen atoms in total. The highest BCUT2D eigenvalue weighted by molar-refractivity contribution is 14.0. The first-order chi connectivity index (χ1) is 11.6. The van der Waals surface area contributed by atoms with Crippen molar-refractivity contribution in [2.75, 3.05) is 46.4 Å². The molecule has 0 aliphatic carbocycles. The number of aryl methyl sites for hydroxylation is 2. The zero-order valence-electron chi connectivity index (χ0n) is 16.0. The summed E-state index contributed by atoms with van der Waals surface area (Å²) in [6, 6.07) is 6.56. The molecule has 6 heteroatoms. The number of rotatable bonds is 6. The van der Waals surface area contributed by atoms with Gasteiger partial charge >= 0.3 is 0 Å². The van der Waals surface area contributed by atoms with Crippen molar-refractivity contribution < 1.29 is 4.74 Å². The summed E-state index contributed by atoms with van der Waals surface area (Å²) < 4.78 is 5.40. The third kappa shape index (κ3) is 7.92.